The van der Waals surface area contributed by atoms with Gasteiger partial charge in [-0.2, -0.15) is 0 Å². The Balaban J connectivity index is 2.43. The number of ether oxygens (including phenoxy) is 1. The van der Waals surface area contributed by atoms with Crippen molar-refractivity contribution in [2.75, 3.05) is 11.9 Å². The molecule has 2 aromatic rings. The number of carbonyl (C=O) groups excluding carboxylic acids is 3. The van der Waals surface area contributed by atoms with E-state index in [0.29, 0.717) is 21.8 Å². The molecule has 0 aliphatic carbocycles. The second-order valence-corrected chi connectivity index (χ2v) is 6.22. The summed E-state index contributed by atoms with van der Waals surface area (Å²) >= 11 is 1.04. The zero-order chi connectivity index (χ0) is 18.0. The fourth-order valence-electron chi connectivity index (χ4n) is 2.18. The molecule has 2 aromatic heterocycles. The lowest BCUT2D eigenvalue weighted by Crippen LogP contribution is -2.16. The molecule has 0 radical (unpaired) electrons. The van der Waals surface area contributed by atoms with Crippen molar-refractivity contribution < 1.29 is 23.6 Å². The number of nitrogens with one attached hydrogen (secondary N) is 1. The molecule has 0 saturated heterocycles. The highest BCUT2D eigenvalue weighted by atomic mass is 32.1. The van der Waals surface area contributed by atoms with E-state index in [1.807, 2.05) is 0 Å². The summed E-state index contributed by atoms with van der Waals surface area (Å²) in [4.78, 5) is 36.8. The van der Waals surface area contributed by atoms with Crippen LogP contribution >= 0.6 is 11.3 Å². The number of amides is 1. The molecule has 0 fully saturated rings. The van der Waals surface area contributed by atoms with E-state index in [-0.39, 0.29) is 28.6 Å². The smallest absolute Gasteiger partial charge is 0.341 e. The Hall–Kier alpha value is -2.48. The van der Waals surface area contributed by atoms with Crippen LogP contribution in [0.3, 0.4) is 0 Å². The van der Waals surface area contributed by atoms with Gasteiger partial charge in [0.25, 0.3) is 5.91 Å². The number of aryl methyl sites for hydroxylation is 1. The van der Waals surface area contributed by atoms with Crippen molar-refractivity contribution in [3.8, 4) is 0 Å². The van der Waals surface area contributed by atoms with Crippen molar-refractivity contribution in [1.82, 2.24) is 5.16 Å². The molecule has 1 amide bonds. The summed E-state index contributed by atoms with van der Waals surface area (Å²) in [7, 11) is 0. The quantitative estimate of drug-likeness (QED) is 0.656. The monoisotopic (exact) mass is 350 g/mol. The Morgan fingerprint density at radius 2 is 1.88 bits per heavy atom. The van der Waals surface area contributed by atoms with Gasteiger partial charge >= 0.3 is 5.97 Å². The van der Waals surface area contributed by atoms with Gasteiger partial charge in [0.15, 0.2) is 11.5 Å². The van der Waals surface area contributed by atoms with Gasteiger partial charge < -0.3 is 14.6 Å². The summed E-state index contributed by atoms with van der Waals surface area (Å²) in [6.45, 7) is 8.36. The summed E-state index contributed by atoms with van der Waals surface area (Å²) in [6.07, 6.45) is 0. The third-order valence-electron chi connectivity index (χ3n) is 3.55. The van der Waals surface area contributed by atoms with Gasteiger partial charge in [0, 0.05) is 5.56 Å². The Labute approximate surface area is 143 Å². The number of Topliss-reactive ketones (excluding diaryl/α,β-unsaturated/α-hetero) is 1. The molecule has 8 heteroatoms. The molecular formula is C16H18N2O5S. The van der Waals surface area contributed by atoms with Crippen LogP contribution < -0.4 is 5.32 Å². The summed E-state index contributed by atoms with van der Waals surface area (Å²) in [5.74, 6) is -0.733. The van der Waals surface area contributed by atoms with Gasteiger partial charge in [-0.15, -0.1) is 11.3 Å². The fourth-order valence-corrected chi connectivity index (χ4v) is 3.26. The first-order valence-corrected chi connectivity index (χ1v) is 8.15. The highest BCUT2D eigenvalue weighted by Gasteiger charge is 2.26. The maximum Gasteiger partial charge on any atom is 0.341 e. The van der Waals surface area contributed by atoms with Gasteiger partial charge in [-0.3, -0.25) is 9.59 Å². The number of thiophene rings is 1. The highest BCUT2D eigenvalue weighted by molar-refractivity contribution is 7.18. The van der Waals surface area contributed by atoms with Gasteiger partial charge in [-0.25, -0.2) is 4.79 Å². The van der Waals surface area contributed by atoms with Crippen LogP contribution in [-0.4, -0.2) is 29.4 Å². The first kappa shape index (κ1) is 17.9. The molecule has 1 N–H and O–H groups in total. The zero-order valence-corrected chi connectivity index (χ0v) is 14.9. The largest absolute Gasteiger partial charge is 0.462 e. The normalized spacial score (nSPS) is 10.5. The van der Waals surface area contributed by atoms with Crippen LogP contribution in [-0.2, 0) is 4.74 Å². The van der Waals surface area contributed by atoms with Gasteiger partial charge in [-0.1, -0.05) is 5.16 Å². The standard InChI is InChI=1S/C16H18N2O5S/c1-6-22-16(21)11-8(3)13(9(4)19)24-15(11)17-14(20)12-7(2)10(5)23-18-12/h6H2,1-5H3,(H,17,20). The molecule has 0 bridgehead atoms. The zero-order valence-electron chi connectivity index (χ0n) is 14.1. The molecule has 2 heterocycles. The lowest BCUT2D eigenvalue weighted by molar-refractivity contribution is 0.0527. The molecule has 24 heavy (non-hydrogen) atoms. The van der Waals surface area contributed by atoms with Crippen LogP contribution in [0.25, 0.3) is 0 Å². The van der Waals surface area contributed by atoms with Crippen LogP contribution in [0.4, 0.5) is 5.00 Å². The highest BCUT2D eigenvalue weighted by Crippen LogP contribution is 2.34. The number of esters is 1. The number of hydrogen-bond acceptors (Lipinski definition) is 7. The molecular weight excluding hydrogens is 332 g/mol. The van der Waals surface area contributed by atoms with Crippen molar-refractivity contribution in [3.05, 3.63) is 33.0 Å². The maximum atomic E-state index is 12.4. The van der Waals surface area contributed by atoms with Gasteiger partial charge in [-0.05, 0) is 40.2 Å². The van der Waals surface area contributed by atoms with Crippen LogP contribution in [0.5, 0.6) is 0 Å². The molecule has 0 aliphatic rings. The fraction of sp³-hybridized carbons (Fsp3) is 0.375. The first-order chi connectivity index (χ1) is 11.3. The van der Waals surface area contributed by atoms with E-state index in [0.717, 1.165) is 11.3 Å². The molecule has 0 aliphatic heterocycles. The minimum absolute atomic E-state index is 0.137. The Morgan fingerprint density at radius 3 is 2.38 bits per heavy atom. The Morgan fingerprint density at radius 1 is 1.21 bits per heavy atom. The second-order valence-electron chi connectivity index (χ2n) is 5.20. The predicted octanol–water partition coefficient (Wildman–Crippen LogP) is 3.29. The molecule has 7 nitrogen and oxygen atoms in total. The van der Waals surface area contributed by atoms with E-state index in [4.69, 9.17) is 9.26 Å². The summed E-state index contributed by atoms with van der Waals surface area (Å²) < 4.78 is 10.0. The number of hydrogen-bond donors (Lipinski definition) is 1. The summed E-state index contributed by atoms with van der Waals surface area (Å²) in [5.41, 5.74) is 1.44. The van der Waals surface area contributed by atoms with Crippen molar-refractivity contribution >= 4 is 34.0 Å². The van der Waals surface area contributed by atoms with Crippen LogP contribution in [0.2, 0.25) is 0 Å². The van der Waals surface area contributed by atoms with Crippen LogP contribution in [0.15, 0.2) is 4.52 Å². The molecule has 0 atom stereocenters. The van der Waals surface area contributed by atoms with Gasteiger partial charge in [0.1, 0.15) is 10.8 Å². The number of rotatable bonds is 5. The van der Waals surface area contributed by atoms with Crippen LogP contribution in [0, 0.1) is 20.8 Å². The summed E-state index contributed by atoms with van der Waals surface area (Å²) in [5, 5.41) is 6.63. The number of nitrogens with zero attached hydrogens (tertiary/aromatic N) is 1. The molecule has 0 unspecified atom stereocenters. The Bertz CT molecular complexity index is 819. The van der Waals surface area contributed by atoms with Gasteiger partial charge in [0.05, 0.1) is 17.0 Å². The van der Waals surface area contributed by atoms with Crippen molar-refractivity contribution in [1.29, 1.82) is 0 Å². The number of ketones is 1. The van der Waals surface area contributed by atoms with E-state index in [2.05, 4.69) is 10.5 Å². The van der Waals surface area contributed by atoms with Gasteiger partial charge in [0.2, 0.25) is 0 Å². The minimum Gasteiger partial charge on any atom is -0.462 e. The number of aromatic nitrogens is 1. The first-order valence-electron chi connectivity index (χ1n) is 7.33. The predicted molar refractivity (Wildman–Crippen MR) is 88.9 cm³/mol. The maximum absolute atomic E-state index is 12.4. The minimum atomic E-state index is -0.581. The third kappa shape index (κ3) is 3.23. The Kier molecular flexibility index (Phi) is 5.18. The van der Waals surface area contributed by atoms with Crippen LogP contribution in [0.1, 0.15) is 61.3 Å². The van der Waals surface area contributed by atoms with E-state index >= 15 is 0 Å². The lowest BCUT2D eigenvalue weighted by Gasteiger charge is -2.06. The van der Waals surface area contributed by atoms with E-state index in [9.17, 15) is 14.4 Å². The van der Waals surface area contributed by atoms with E-state index < -0.39 is 11.9 Å². The molecule has 0 aromatic carbocycles. The molecule has 0 saturated carbocycles. The SMILES string of the molecule is CCOC(=O)c1c(NC(=O)c2noc(C)c2C)sc(C(C)=O)c1C. The molecule has 2 rings (SSSR count). The average Bonchev–Trinajstić information content (AvgIpc) is 3.00. The van der Waals surface area contributed by atoms with E-state index in [1.165, 1.54) is 6.92 Å². The van der Waals surface area contributed by atoms with Crippen molar-refractivity contribution in [2.24, 2.45) is 0 Å². The number of carbonyl (C=O) groups is 3. The van der Waals surface area contributed by atoms with Crippen molar-refractivity contribution in [2.45, 2.75) is 34.6 Å². The van der Waals surface area contributed by atoms with Crippen molar-refractivity contribution in [3.63, 3.8) is 0 Å². The molecule has 128 valence electrons. The number of anilines is 1. The summed E-state index contributed by atoms with van der Waals surface area (Å²) in [6, 6.07) is 0. The topological polar surface area (TPSA) is 98.5 Å². The average molecular weight is 350 g/mol. The lowest BCUT2D eigenvalue weighted by atomic mass is 10.1. The molecule has 0 spiro atoms. The third-order valence-corrected chi connectivity index (χ3v) is 4.85. The second kappa shape index (κ2) is 6.96. The van der Waals surface area contributed by atoms with E-state index in [1.54, 1.807) is 27.7 Å².